The van der Waals surface area contributed by atoms with Crippen molar-refractivity contribution >= 4 is 17.8 Å². The maximum atomic E-state index is 12.7. The number of carbonyl (C=O) groups excluding carboxylic acids is 2. The van der Waals surface area contributed by atoms with E-state index in [2.05, 4.69) is 0 Å². The molecule has 148 valence electrons. The van der Waals surface area contributed by atoms with Crippen molar-refractivity contribution in [3.05, 3.63) is 112 Å². The predicted octanol–water partition coefficient (Wildman–Crippen LogP) is 5.70. The summed E-state index contributed by atoms with van der Waals surface area (Å²) in [6.45, 7) is 3.65. The molecule has 0 aliphatic carbocycles. The number of allylic oxidation sites excluding steroid dienone is 3. The molecule has 1 heterocycles. The molecule has 0 saturated carbocycles. The van der Waals surface area contributed by atoms with Gasteiger partial charge in [0.2, 0.25) is 5.78 Å². The van der Waals surface area contributed by atoms with Gasteiger partial charge in [0.1, 0.15) is 11.5 Å². The lowest BCUT2D eigenvalue weighted by molar-refractivity contribution is 0.0733. The second-order valence-electron chi connectivity index (χ2n) is 7.05. The zero-order valence-electron chi connectivity index (χ0n) is 16.7. The minimum atomic E-state index is -0.446. The molecule has 4 nitrogen and oxygen atoms in total. The number of hydrogen-bond donors (Lipinski definition) is 0. The lowest BCUT2D eigenvalue weighted by atomic mass is 10.0. The lowest BCUT2D eigenvalue weighted by Crippen LogP contribution is -2.10. The molecule has 0 spiro atoms. The lowest BCUT2D eigenvalue weighted by Gasteiger charge is -2.09. The molecular formula is C26H20O4. The van der Waals surface area contributed by atoms with Crippen LogP contribution in [0.25, 0.3) is 6.08 Å². The van der Waals surface area contributed by atoms with Gasteiger partial charge in [-0.25, -0.2) is 4.79 Å². The Morgan fingerprint density at radius 2 is 1.67 bits per heavy atom. The zero-order chi connectivity index (χ0) is 21.1. The first-order chi connectivity index (χ1) is 14.5. The van der Waals surface area contributed by atoms with Crippen LogP contribution >= 0.6 is 0 Å². The first-order valence-electron chi connectivity index (χ1n) is 9.61. The van der Waals surface area contributed by atoms with Crippen molar-refractivity contribution in [2.45, 2.75) is 13.8 Å². The zero-order valence-corrected chi connectivity index (χ0v) is 16.7. The van der Waals surface area contributed by atoms with Crippen molar-refractivity contribution < 1.29 is 19.1 Å². The van der Waals surface area contributed by atoms with Crippen LogP contribution in [0.5, 0.6) is 11.5 Å². The summed E-state index contributed by atoms with van der Waals surface area (Å²) in [6, 6.07) is 20.3. The van der Waals surface area contributed by atoms with Gasteiger partial charge in [0, 0.05) is 6.07 Å². The predicted molar refractivity (Wildman–Crippen MR) is 116 cm³/mol. The van der Waals surface area contributed by atoms with Gasteiger partial charge in [0.05, 0.1) is 11.1 Å². The summed E-state index contributed by atoms with van der Waals surface area (Å²) in [7, 11) is 0. The normalized spacial score (nSPS) is 14.1. The van der Waals surface area contributed by atoms with E-state index in [1.807, 2.05) is 55.5 Å². The molecule has 0 saturated heterocycles. The summed E-state index contributed by atoms with van der Waals surface area (Å²) in [5.41, 5.74) is 3.55. The Morgan fingerprint density at radius 3 is 2.43 bits per heavy atom. The summed E-state index contributed by atoms with van der Waals surface area (Å²) >= 11 is 0. The number of carbonyl (C=O) groups is 2. The van der Waals surface area contributed by atoms with Crippen molar-refractivity contribution in [3.63, 3.8) is 0 Å². The number of benzene rings is 3. The average Bonchev–Trinajstić information content (AvgIpc) is 3.05. The van der Waals surface area contributed by atoms with E-state index in [1.165, 1.54) is 0 Å². The highest BCUT2D eigenvalue weighted by Gasteiger charge is 2.30. The first kappa shape index (κ1) is 19.4. The van der Waals surface area contributed by atoms with E-state index < -0.39 is 5.97 Å². The number of aryl methyl sites for hydroxylation is 2. The highest BCUT2D eigenvalue weighted by atomic mass is 16.5. The average molecular weight is 396 g/mol. The number of ketones is 1. The van der Waals surface area contributed by atoms with Crippen molar-refractivity contribution in [2.75, 3.05) is 0 Å². The van der Waals surface area contributed by atoms with Crippen LogP contribution in [0.15, 0.2) is 84.6 Å². The number of fused-ring (bicyclic) bond motifs is 1. The summed E-state index contributed by atoms with van der Waals surface area (Å²) in [4.78, 5) is 25.2. The highest BCUT2D eigenvalue weighted by Crippen LogP contribution is 2.37. The molecular weight excluding hydrogens is 376 g/mol. The Bertz CT molecular complexity index is 1190. The maximum Gasteiger partial charge on any atom is 0.343 e. The van der Waals surface area contributed by atoms with Gasteiger partial charge in [-0.15, -0.1) is 0 Å². The van der Waals surface area contributed by atoms with Crippen molar-refractivity contribution in [3.8, 4) is 11.5 Å². The molecule has 0 radical (unpaired) electrons. The molecule has 0 fully saturated rings. The van der Waals surface area contributed by atoms with Crippen LogP contribution in [0.4, 0.5) is 0 Å². The van der Waals surface area contributed by atoms with Crippen LogP contribution in [-0.2, 0) is 0 Å². The van der Waals surface area contributed by atoms with Gasteiger partial charge < -0.3 is 9.47 Å². The quantitative estimate of drug-likeness (QED) is 0.323. The van der Waals surface area contributed by atoms with E-state index in [0.717, 1.165) is 11.1 Å². The number of ether oxygens (including phenoxy) is 2. The molecule has 0 amide bonds. The second kappa shape index (κ2) is 8.21. The highest BCUT2D eigenvalue weighted by molar-refractivity contribution is 6.13. The molecule has 1 aliphatic rings. The van der Waals surface area contributed by atoms with E-state index in [0.29, 0.717) is 28.2 Å². The SMILES string of the molecule is Cc1ccccc1C(=O)Oc1cc(C)c2c(c1)O/C(=C\C=C\c1ccccc1)C2=O. The first-order valence-corrected chi connectivity index (χ1v) is 9.61. The summed E-state index contributed by atoms with van der Waals surface area (Å²) in [5.74, 6) is 0.346. The fourth-order valence-corrected chi connectivity index (χ4v) is 3.33. The third-order valence-electron chi connectivity index (χ3n) is 4.86. The van der Waals surface area contributed by atoms with Crippen molar-refractivity contribution in [2.24, 2.45) is 0 Å². The Balaban J connectivity index is 1.55. The number of esters is 1. The van der Waals surface area contributed by atoms with Crippen molar-refractivity contribution in [1.82, 2.24) is 0 Å². The molecule has 4 rings (SSSR count). The summed E-state index contributed by atoms with van der Waals surface area (Å²) < 4.78 is 11.3. The van der Waals surface area contributed by atoms with Gasteiger partial charge in [-0.2, -0.15) is 0 Å². The van der Waals surface area contributed by atoms with Crippen LogP contribution in [0.1, 0.15) is 37.4 Å². The molecule has 0 unspecified atom stereocenters. The van der Waals surface area contributed by atoms with Crippen LogP contribution in [0.3, 0.4) is 0 Å². The number of Topliss-reactive ketones (excluding diaryl/α,β-unsaturated/α-hetero) is 1. The molecule has 0 N–H and O–H groups in total. The molecule has 3 aromatic carbocycles. The Morgan fingerprint density at radius 1 is 0.933 bits per heavy atom. The summed E-state index contributed by atoms with van der Waals surface area (Å²) in [6.07, 6.45) is 5.32. The van der Waals surface area contributed by atoms with E-state index in [1.54, 1.807) is 43.3 Å². The molecule has 1 aliphatic heterocycles. The van der Waals surface area contributed by atoms with Crippen molar-refractivity contribution in [1.29, 1.82) is 0 Å². The van der Waals surface area contributed by atoms with Crippen LogP contribution in [-0.4, -0.2) is 11.8 Å². The fourth-order valence-electron chi connectivity index (χ4n) is 3.33. The molecule has 4 heteroatoms. The van der Waals surface area contributed by atoms with E-state index in [-0.39, 0.29) is 11.5 Å². The Hall–Kier alpha value is -3.92. The fraction of sp³-hybridized carbons (Fsp3) is 0.0769. The topological polar surface area (TPSA) is 52.6 Å². The van der Waals surface area contributed by atoms with E-state index in [9.17, 15) is 9.59 Å². The largest absolute Gasteiger partial charge is 0.452 e. The van der Waals surface area contributed by atoms with Gasteiger partial charge in [-0.3, -0.25) is 4.79 Å². The number of hydrogen-bond acceptors (Lipinski definition) is 4. The van der Waals surface area contributed by atoms with Crippen LogP contribution in [0, 0.1) is 13.8 Å². The molecule has 0 aromatic heterocycles. The Labute approximate surface area is 175 Å². The van der Waals surface area contributed by atoms with Gasteiger partial charge in [0.15, 0.2) is 5.76 Å². The van der Waals surface area contributed by atoms with E-state index in [4.69, 9.17) is 9.47 Å². The van der Waals surface area contributed by atoms with Gasteiger partial charge in [-0.05, 0) is 48.7 Å². The molecule has 3 aromatic rings. The van der Waals surface area contributed by atoms with E-state index >= 15 is 0 Å². The summed E-state index contributed by atoms with van der Waals surface area (Å²) in [5, 5.41) is 0. The molecule has 0 atom stereocenters. The van der Waals surface area contributed by atoms with Crippen LogP contribution < -0.4 is 9.47 Å². The monoisotopic (exact) mass is 396 g/mol. The Kier molecular flexibility index (Phi) is 5.31. The standard InChI is InChI=1S/C26H20O4/c1-17-9-6-7-13-21(17)26(28)29-20-15-18(2)24-23(16-20)30-22(25(24)27)14-8-12-19-10-4-3-5-11-19/h3-16H,1-2H3/b12-8+,22-14-. The smallest absolute Gasteiger partial charge is 0.343 e. The van der Waals surface area contributed by atoms with Gasteiger partial charge >= 0.3 is 5.97 Å². The molecule has 0 bridgehead atoms. The van der Waals surface area contributed by atoms with Gasteiger partial charge in [-0.1, -0.05) is 60.7 Å². The minimum absolute atomic E-state index is 0.183. The third kappa shape index (κ3) is 3.94. The minimum Gasteiger partial charge on any atom is -0.452 e. The second-order valence-corrected chi connectivity index (χ2v) is 7.05. The maximum absolute atomic E-state index is 12.7. The third-order valence-corrected chi connectivity index (χ3v) is 4.86. The molecule has 30 heavy (non-hydrogen) atoms. The van der Waals surface area contributed by atoms with Gasteiger partial charge in [0.25, 0.3) is 0 Å². The number of rotatable bonds is 4. The van der Waals surface area contributed by atoms with Crippen LogP contribution in [0.2, 0.25) is 0 Å².